The maximum absolute atomic E-state index is 12.5. The maximum Gasteiger partial charge on any atom is 0.171 e. The van der Waals surface area contributed by atoms with E-state index in [0.717, 1.165) is 18.4 Å². The lowest BCUT2D eigenvalue weighted by molar-refractivity contribution is -0.180. The first-order chi connectivity index (χ1) is 8.98. The monoisotopic (exact) mass is 266 g/mol. The highest BCUT2D eigenvalue weighted by Crippen LogP contribution is 2.48. The normalized spacial score (nSPS) is 46.2. The van der Waals surface area contributed by atoms with Crippen LogP contribution in [0.5, 0.6) is 0 Å². The Morgan fingerprint density at radius 3 is 2.89 bits per heavy atom. The van der Waals surface area contributed by atoms with Crippen LogP contribution in [0.2, 0.25) is 0 Å². The fourth-order valence-corrected chi connectivity index (χ4v) is 4.09. The van der Waals surface area contributed by atoms with Crippen molar-refractivity contribution in [2.24, 2.45) is 17.8 Å². The Bertz CT molecular complexity index is 441. The van der Waals surface area contributed by atoms with E-state index in [-0.39, 0.29) is 12.4 Å². The Morgan fingerprint density at radius 1 is 1.47 bits per heavy atom. The number of allylic oxidation sites excluding steroid dienone is 1. The van der Waals surface area contributed by atoms with Crippen LogP contribution in [0.3, 0.4) is 0 Å². The Labute approximate surface area is 113 Å². The van der Waals surface area contributed by atoms with Gasteiger partial charge in [0.05, 0.1) is 19.1 Å². The quantitative estimate of drug-likeness (QED) is 0.696. The van der Waals surface area contributed by atoms with Gasteiger partial charge < -0.3 is 14.9 Å². The van der Waals surface area contributed by atoms with Gasteiger partial charge in [-0.25, -0.2) is 0 Å². The summed E-state index contributed by atoms with van der Waals surface area (Å²) < 4.78 is 5.59. The van der Waals surface area contributed by atoms with Gasteiger partial charge in [-0.3, -0.25) is 4.79 Å². The summed E-state index contributed by atoms with van der Waals surface area (Å²) in [6, 6.07) is 0. The van der Waals surface area contributed by atoms with Gasteiger partial charge in [0.15, 0.2) is 5.78 Å². The van der Waals surface area contributed by atoms with Crippen molar-refractivity contribution >= 4 is 5.78 Å². The molecule has 0 aromatic carbocycles. The lowest BCUT2D eigenvalue weighted by Gasteiger charge is -2.40. The first-order valence-electron chi connectivity index (χ1n) is 7.16. The number of aliphatic hydroxyl groups excluding tert-OH is 1. The van der Waals surface area contributed by atoms with E-state index in [2.05, 4.69) is 6.92 Å². The SMILES string of the molecule is CC1=C2CC[C@H](C)[C@@H]2C[C@H]2C(=O)[C@@H]1OC[C@@]2(O)CO. The molecule has 0 aromatic rings. The average molecular weight is 266 g/mol. The minimum atomic E-state index is -1.40. The summed E-state index contributed by atoms with van der Waals surface area (Å²) in [6.07, 6.45) is 2.34. The van der Waals surface area contributed by atoms with Crippen molar-refractivity contribution in [2.75, 3.05) is 13.2 Å². The molecular formula is C15H22O4. The lowest BCUT2D eigenvalue weighted by Crippen LogP contribution is -2.57. The zero-order chi connectivity index (χ0) is 13.8. The molecule has 1 saturated carbocycles. The van der Waals surface area contributed by atoms with Crippen LogP contribution in [0, 0.1) is 17.8 Å². The molecule has 0 amide bonds. The van der Waals surface area contributed by atoms with E-state index in [1.165, 1.54) is 5.57 Å². The number of aliphatic hydroxyl groups is 2. The lowest BCUT2D eigenvalue weighted by atomic mass is 9.75. The van der Waals surface area contributed by atoms with Crippen molar-refractivity contribution in [1.82, 2.24) is 0 Å². The minimum Gasteiger partial charge on any atom is -0.393 e. The van der Waals surface area contributed by atoms with Crippen LogP contribution in [0.15, 0.2) is 11.1 Å². The zero-order valence-corrected chi connectivity index (χ0v) is 11.6. The molecule has 2 fully saturated rings. The van der Waals surface area contributed by atoms with E-state index >= 15 is 0 Å². The Morgan fingerprint density at radius 2 is 2.21 bits per heavy atom. The van der Waals surface area contributed by atoms with Crippen molar-refractivity contribution < 1.29 is 19.7 Å². The Hall–Kier alpha value is -0.710. The van der Waals surface area contributed by atoms with Crippen molar-refractivity contribution in [3.05, 3.63) is 11.1 Å². The number of fused-ring (bicyclic) bond motifs is 3. The van der Waals surface area contributed by atoms with Gasteiger partial charge in [0.2, 0.25) is 0 Å². The largest absolute Gasteiger partial charge is 0.393 e. The van der Waals surface area contributed by atoms with E-state index in [1.54, 1.807) is 0 Å². The third-order valence-electron chi connectivity index (χ3n) is 5.42. The minimum absolute atomic E-state index is 0.0469. The molecule has 2 N–H and O–H groups in total. The highest BCUT2D eigenvalue weighted by atomic mass is 16.5. The van der Waals surface area contributed by atoms with Crippen molar-refractivity contribution in [2.45, 2.75) is 44.8 Å². The van der Waals surface area contributed by atoms with Gasteiger partial charge in [-0.2, -0.15) is 0 Å². The van der Waals surface area contributed by atoms with Gasteiger partial charge in [-0.05, 0) is 43.6 Å². The zero-order valence-electron chi connectivity index (χ0n) is 11.6. The van der Waals surface area contributed by atoms with E-state index in [9.17, 15) is 15.0 Å². The summed E-state index contributed by atoms with van der Waals surface area (Å²) in [5, 5.41) is 19.9. The van der Waals surface area contributed by atoms with Crippen LogP contribution >= 0.6 is 0 Å². The summed E-state index contributed by atoms with van der Waals surface area (Å²) >= 11 is 0. The van der Waals surface area contributed by atoms with Crippen LogP contribution < -0.4 is 0 Å². The van der Waals surface area contributed by atoms with Gasteiger partial charge >= 0.3 is 0 Å². The number of carbonyl (C=O) groups excluding carboxylic acids is 1. The van der Waals surface area contributed by atoms with Crippen LogP contribution in [-0.4, -0.2) is 40.9 Å². The molecule has 19 heavy (non-hydrogen) atoms. The van der Waals surface area contributed by atoms with E-state index in [0.29, 0.717) is 18.3 Å². The van der Waals surface area contributed by atoms with Crippen LogP contribution in [0.4, 0.5) is 0 Å². The first kappa shape index (κ1) is 13.3. The highest BCUT2D eigenvalue weighted by Gasteiger charge is 2.53. The van der Waals surface area contributed by atoms with E-state index in [4.69, 9.17) is 4.74 Å². The number of Topliss-reactive ketones (excluding diaryl/α,β-unsaturated/α-hetero) is 1. The summed E-state index contributed by atoms with van der Waals surface area (Å²) in [5.41, 5.74) is 1.02. The summed E-state index contributed by atoms with van der Waals surface area (Å²) in [7, 11) is 0. The molecule has 0 spiro atoms. The van der Waals surface area contributed by atoms with E-state index in [1.807, 2.05) is 6.92 Å². The maximum atomic E-state index is 12.5. The molecule has 3 rings (SSSR count). The van der Waals surface area contributed by atoms with Crippen LogP contribution in [0.25, 0.3) is 0 Å². The molecule has 106 valence electrons. The second-order valence-corrected chi connectivity index (χ2v) is 6.47. The van der Waals surface area contributed by atoms with Crippen LogP contribution in [0.1, 0.15) is 33.1 Å². The highest BCUT2D eigenvalue weighted by molar-refractivity contribution is 5.90. The average Bonchev–Trinajstić information content (AvgIpc) is 2.72. The van der Waals surface area contributed by atoms with Gasteiger partial charge in [0.1, 0.15) is 11.7 Å². The predicted molar refractivity (Wildman–Crippen MR) is 69.5 cm³/mol. The molecule has 1 aliphatic heterocycles. The molecule has 1 saturated heterocycles. The van der Waals surface area contributed by atoms with E-state index < -0.39 is 24.2 Å². The molecule has 0 radical (unpaired) electrons. The number of carbonyl (C=O) groups is 1. The van der Waals surface area contributed by atoms with Crippen molar-refractivity contribution in [1.29, 1.82) is 0 Å². The number of ether oxygens (including phenoxy) is 1. The fraction of sp³-hybridized carbons (Fsp3) is 0.800. The molecule has 5 atom stereocenters. The van der Waals surface area contributed by atoms with Crippen molar-refractivity contribution in [3.63, 3.8) is 0 Å². The number of hydrogen-bond acceptors (Lipinski definition) is 4. The summed E-state index contributed by atoms with van der Waals surface area (Å²) in [4.78, 5) is 12.5. The smallest absolute Gasteiger partial charge is 0.171 e. The van der Waals surface area contributed by atoms with Gasteiger partial charge in [0, 0.05) is 0 Å². The molecule has 1 heterocycles. The van der Waals surface area contributed by atoms with Crippen LogP contribution in [-0.2, 0) is 9.53 Å². The molecule has 2 bridgehead atoms. The topological polar surface area (TPSA) is 66.8 Å². The second kappa shape index (κ2) is 4.40. The Balaban J connectivity index is 2.04. The third kappa shape index (κ3) is 1.81. The predicted octanol–water partition coefficient (Wildman–Crippen LogP) is 1.06. The number of rotatable bonds is 1. The van der Waals surface area contributed by atoms with Crippen molar-refractivity contribution in [3.8, 4) is 0 Å². The fourth-order valence-electron chi connectivity index (χ4n) is 4.09. The molecule has 0 aromatic heterocycles. The number of hydrogen-bond donors (Lipinski definition) is 2. The van der Waals surface area contributed by atoms with Gasteiger partial charge in [-0.1, -0.05) is 12.5 Å². The molecule has 2 aliphatic carbocycles. The molecular weight excluding hydrogens is 244 g/mol. The molecule has 4 heteroatoms. The first-order valence-corrected chi connectivity index (χ1v) is 7.16. The molecule has 0 unspecified atom stereocenters. The summed E-state index contributed by atoms with van der Waals surface area (Å²) in [5.74, 6) is 0.363. The molecule has 3 aliphatic rings. The van der Waals surface area contributed by atoms with Gasteiger partial charge in [0.25, 0.3) is 0 Å². The second-order valence-electron chi connectivity index (χ2n) is 6.47. The Kier molecular flexibility index (Phi) is 3.08. The molecule has 4 nitrogen and oxygen atoms in total. The number of ketones is 1. The van der Waals surface area contributed by atoms with Gasteiger partial charge in [-0.15, -0.1) is 0 Å². The summed E-state index contributed by atoms with van der Waals surface area (Å²) in [6.45, 7) is 3.85. The third-order valence-corrected chi connectivity index (χ3v) is 5.42. The standard InChI is InChI=1S/C15H22O4/c1-8-3-4-10-9(2)14-13(17)12(5-11(8)10)15(18,6-16)7-19-14/h8,11-12,14,16,18H,3-7H2,1-2H3/t8-,11-,12-,14+,15-/m0/s1.